The Bertz CT molecular complexity index is 1110. The summed E-state index contributed by atoms with van der Waals surface area (Å²) in [4.78, 5) is 19.8. The van der Waals surface area contributed by atoms with E-state index in [1.54, 1.807) is 12.1 Å². The lowest BCUT2D eigenvalue weighted by Gasteiger charge is -2.43. The normalized spacial score (nSPS) is 16.1. The molecule has 2 aromatic carbocycles. The van der Waals surface area contributed by atoms with Crippen molar-refractivity contribution < 1.29 is 9.53 Å². The SMILES string of the molecule is [N-]=[N+]=NCC(=O)N(N)c1cccc2c1N=C(NNCc1cccc(Cl)c1)C1(CCOCC1)N2. The molecule has 2 aliphatic rings. The summed E-state index contributed by atoms with van der Waals surface area (Å²) in [5.41, 5.74) is 17.2. The molecule has 2 aromatic rings. The molecule has 1 fully saturated rings. The van der Waals surface area contributed by atoms with Crippen LogP contribution in [0.3, 0.4) is 0 Å². The van der Waals surface area contributed by atoms with Crippen molar-refractivity contribution in [2.75, 3.05) is 30.1 Å². The smallest absolute Gasteiger partial charge is 0.247 e. The van der Waals surface area contributed by atoms with Gasteiger partial charge in [0.2, 0.25) is 5.91 Å². The molecule has 4 rings (SSSR count). The summed E-state index contributed by atoms with van der Waals surface area (Å²) in [7, 11) is 0. The monoisotopic (exact) mass is 469 g/mol. The fraction of sp³-hybridized carbons (Fsp3) is 0.333. The van der Waals surface area contributed by atoms with Crippen LogP contribution in [0.4, 0.5) is 17.1 Å². The molecule has 33 heavy (non-hydrogen) atoms. The van der Waals surface area contributed by atoms with Gasteiger partial charge in [0.25, 0.3) is 0 Å². The van der Waals surface area contributed by atoms with Gasteiger partial charge in [-0.2, -0.15) is 0 Å². The predicted octanol–water partition coefficient (Wildman–Crippen LogP) is 3.16. The molecule has 0 bridgehead atoms. The molecule has 172 valence electrons. The molecule has 1 amide bonds. The summed E-state index contributed by atoms with van der Waals surface area (Å²) < 4.78 is 5.58. The minimum atomic E-state index is -0.545. The number of amidine groups is 1. The fourth-order valence-electron chi connectivity index (χ4n) is 3.89. The van der Waals surface area contributed by atoms with Gasteiger partial charge in [-0.3, -0.25) is 4.79 Å². The van der Waals surface area contributed by atoms with Gasteiger partial charge in [0.05, 0.1) is 11.4 Å². The van der Waals surface area contributed by atoms with Crippen molar-refractivity contribution >= 4 is 40.4 Å². The number of nitrogens with two attached hydrogens (primary N) is 1. The fourth-order valence-corrected chi connectivity index (χ4v) is 4.10. The number of halogens is 1. The largest absolute Gasteiger partial charge is 0.381 e. The zero-order valence-electron chi connectivity index (χ0n) is 17.8. The predicted molar refractivity (Wildman–Crippen MR) is 127 cm³/mol. The molecule has 1 saturated heterocycles. The van der Waals surface area contributed by atoms with Gasteiger partial charge in [-0.05, 0) is 35.4 Å². The van der Waals surface area contributed by atoms with Gasteiger partial charge in [-0.1, -0.05) is 34.9 Å². The number of aliphatic imine (C=N–C) groups is 1. The average Bonchev–Trinajstić information content (AvgIpc) is 2.82. The summed E-state index contributed by atoms with van der Waals surface area (Å²) in [6, 6.07) is 12.9. The number of rotatable bonds is 6. The van der Waals surface area contributed by atoms with Crippen LogP contribution in [0.1, 0.15) is 18.4 Å². The van der Waals surface area contributed by atoms with E-state index in [1.165, 1.54) is 0 Å². The summed E-state index contributed by atoms with van der Waals surface area (Å²) in [6.45, 7) is 1.31. The first kappa shape index (κ1) is 22.8. The van der Waals surface area contributed by atoms with Crippen LogP contribution < -0.4 is 27.0 Å². The number of anilines is 2. The van der Waals surface area contributed by atoms with E-state index in [2.05, 4.69) is 26.2 Å². The van der Waals surface area contributed by atoms with Crippen LogP contribution in [0.25, 0.3) is 10.4 Å². The average molecular weight is 470 g/mol. The Morgan fingerprint density at radius 1 is 1.33 bits per heavy atom. The molecule has 5 N–H and O–H groups in total. The second kappa shape index (κ2) is 10.1. The number of hydrogen-bond donors (Lipinski definition) is 4. The zero-order valence-corrected chi connectivity index (χ0v) is 18.5. The van der Waals surface area contributed by atoms with Crippen LogP contribution in [0.2, 0.25) is 5.02 Å². The van der Waals surface area contributed by atoms with Crippen molar-refractivity contribution in [2.45, 2.75) is 24.9 Å². The first-order valence-electron chi connectivity index (χ1n) is 10.4. The molecule has 0 aromatic heterocycles. The highest BCUT2D eigenvalue weighted by atomic mass is 35.5. The lowest BCUT2D eigenvalue weighted by Crippen LogP contribution is -2.59. The van der Waals surface area contributed by atoms with Crippen LogP contribution in [-0.4, -0.2) is 37.0 Å². The van der Waals surface area contributed by atoms with Crippen molar-refractivity contribution in [1.29, 1.82) is 0 Å². The third-order valence-corrected chi connectivity index (χ3v) is 5.83. The molecule has 0 saturated carbocycles. The van der Waals surface area contributed by atoms with Crippen molar-refractivity contribution in [2.24, 2.45) is 15.9 Å². The Hall–Kier alpha value is -3.34. The maximum absolute atomic E-state index is 12.3. The molecule has 0 radical (unpaired) electrons. The maximum Gasteiger partial charge on any atom is 0.247 e. The maximum atomic E-state index is 12.3. The number of nitrogens with one attached hydrogen (secondary N) is 3. The summed E-state index contributed by atoms with van der Waals surface area (Å²) in [6.07, 6.45) is 1.42. The van der Waals surface area contributed by atoms with Crippen molar-refractivity contribution in [3.63, 3.8) is 0 Å². The highest BCUT2D eigenvalue weighted by Gasteiger charge is 2.41. The van der Waals surface area contributed by atoms with E-state index in [1.807, 2.05) is 30.3 Å². The van der Waals surface area contributed by atoms with Crippen molar-refractivity contribution in [1.82, 2.24) is 10.9 Å². The van der Waals surface area contributed by atoms with E-state index in [0.717, 1.165) is 16.3 Å². The molecule has 2 heterocycles. The van der Waals surface area contributed by atoms with E-state index in [4.69, 9.17) is 32.7 Å². The van der Waals surface area contributed by atoms with Gasteiger partial charge in [0.1, 0.15) is 23.6 Å². The number of carbonyl (C=O) groups is 1. The number of hydrazine groups is 2. The Labute approximate surface area is 195 Å². The first-order valence-corrected chi connectivity index (χ1v) is 10.8. The second-order valence-electron chi connectivity index (χ2n) is 7.71. The standard InChI is InChI=1S/C21H24ClN9O2/c22-15-4-1-3-14(11-15)12-25-29-20-21(7-9-33-10-8-21)28-16-5-2-6-17(19(16)27-20)31(24)18(32)13-26-30-23/h1-6,11,25,28H,7-10,12-13,24H2,(H,27,29). The molecule has 0 unspecified atom stereocenters. The number of fused-ring (bicyclic) bond motifs is 1. The summed E-state index contributed by atoms with van der Waals surface area (Å²) >= 11 is 6.08. The van der Waals surface area contributed by atoms with Crippen LogP contribution in [0.15, 0.2) is 52.6 Å². The lowest BCUT2D eigenvalue weighted by atomic mass is 9.86. The van der Waals surface area contributed by atoms with Crippen LogP contribution in [0.5, 0.6) is 0 Å². The molecular weight excluding hydrogens is 446 g/mol. The first-order chi connectivity index (χ1) is 16.0. The van der Waals surface area contributed by atoms with E-state index in [0.29, 0.717) is 54.8 Å². The molecule has 11 nitrogen and oxygen atoms in total. The number of amides is 1. The number of azide groups is 1. The van der Waals surface area contributed by atoms with E-state index < -0.39 is 11.4 Å². The van der Waals surface area contributed by atoms with Gasteiger partial charge in [0.15, 0.2) is 0 Å². The zero-order chi connectivity index (χ0) is 23.3. The Kier molecular flexibility index (Phi) is 6.97. The molecule has 0 aliphatic carbocycles. The van der Waals surface area contributed by atoms with Crippen LogP contribution in [-0.2, 0) is 16.1 Å². The number of hydrogen-bond acceptors (Lipinski definition) is 8. The van der Waals surface area contributed by atoms with Gasteiger partial charge in [0, 0.05) is 42.5 Å². The topological polar surface area (TPSA) is 153 Å². The number of nitrogens with zero attached hydrogens (tertiary/aromatic N) is 5. The van der Waals surface area contributed by atoms with Crippen LogP contribution >= 0.6 is 11.6 Å². The quantitative estimate of drug-likeness (QED) is 0.127. The number of benzene rings is 2. The lowest BCUT2D eigenvalue weighted by molar-refractivity contribution is -0.117. The van der Waals surface area contributed by atoms with Gasteiger partial charge in [-0.15, -0.1) is 0 Å². The summed E-state index contributed by atoms with van der Waals surface area (Å²) in [5, 5.41) is 8.51. The van der Waals surface area contributed by atoms with Crippen LogP contribution in [0, 0.1) is 0 Å². The Morgan fingerprint density at radius 2 is 2.12 bits per heavy atom. The van der Waals surface area contributed by atoms with Gasteiger partial charge in [-0.25, -0.2) is 21.3 Å². The number of carbonyl (C=O) groups excluding carboxylic acids is 1. The van der Waals surface area contributed by atoms with E-state index >= 15 is 0 Å². The summed E-state index contributed by atoms with van der Waals surface area (Å²) in [5.74, 6) is 6.17. The molecule has 1 spiro atoms. The minimum Gasteiger partial charge on any atom is -0.381 e. The molecular formula is C21H24ClN9O2. The van der Waals surface area contributed by atoms with Gasteiger partial charge < -0.3 is 15.5 Å². The van der Waals surface area contributed by atoms with Crippen molar-refractivity contribution in [3.8, 4) is 0 Å². The molecule has 2 aliphatic heterocycles. The molecule has 0 atom stereocenters. The molecule has 12 heteroatoms. The minimum absolute atomic E-state index is 0.388. The highest BCUT2D eigenvalue weighted by Crippen LogP contribution is 2.42. The Balaban J connectivity index is 1.63. The Morgan fingerprint density at radius 3 is 2.88 bits per heavy atom. The van der Waals surface area contributed by atoms with Crippen molar-refractivity contribution in [3.05, 3.63) is 63.5 Å². The number of para-hydroxylation sites is 1. The van der Waals surface area contributed by atoms with E-state index in [-0.39, 0.29) is 6.54 Å². The number of ether oxygens (including phenoxy) is 1. The third-order valence-electron chi connectivity index (χ3n) is 5.60. The van der Waals surface area contributed by atoms with Gasteiger partial charge >= 0.3 is 0 Å². The second-order valence-corrected chi connectivity index (χ2v) is 8.15. The highest BCUT2D eigenvalue weighted by molar-refractivity contribution is 6.30. The third kappa shape index (κ3) is 5.03. The van der Waals surface area contributed by atoms with E-state index in [9.17, 15) is 4.79 Å².